The van der Waals surface area contributed by atoms with E-state index in [2.05, 4.69) is 32.8 Å². The normalized spacial score (nSPS) is 15.1. The van der Waals surface area contributed by atoms with E-state index in [-0.39, 0.29) is 29.9 Å². The molecule has 6 nitrogen and oxygen atoms in total. The third kappa shape index (κ3) is 7.90. The Morgan fingerprint density at radius 1 is 1.12 bits per heavy atom. The SMILES string of the molecule is CCNC(=NCc1ccc(C(=O)NC)cc1)NCCN1CCCCC1.I. The van der Waals surface area contributed by atoms with Gasteiger partial charge in [0.05, 0.1) is 6.54 Å². The van der Waals surface area contributed by atoms with Gasteiger partial charge in [-0.1, -0.05) is 18.6 Å². The highest BCUT2D eigenvalue weighted by Gasteiger charge is 2.09. The molecule has 26 heavy (non-hydrogen) atoms. The monoisotopic (exact) mass is 473 g/mol. The maximum Gasteiger partial charge on any atom is 0.251 e. The van der Waals surface area contributed by atoms with Crippen LogP contribution >= 0.6 is 24.0 Å². The van der Waals surface area contributed by atoms with Crippen molar-refractivity contribution in [2.75, 3.05) is 39.8 Å². The van der Waals surface area contributed by atoms with Crippen LogP contribution in [0.15, 0.2) is 29.3 Å². The van der Waals surface area contributed by atoms with E-state index in [9.17, 15) is 4.79 Å². The summed E-state index contributed by atoms with van der Waals surface area (Å²) in [5, 5.41) is 9.32. The number of guanidine groups is 1. The second-order valence-electron chi connectivity index (χ2n) is 6.30. The minimum atomic E-state index is -0.0669. The van der Waals surface area contributed by atoms with Crippen molar-refractivity contribution in [1.82, 2.24) is 20.9 Å². The summed E-state index contributed by atoms with van der Waals surface area (Å²) in [5.74, 6) is 0.776. The smallest absolute Gasteiger partial charge is 0.251 e. The molecule has 0 unspecified atom stereocenters. The van der Waals surface area contributed by atoms with Crippen molar-refractivity contribution >= 4 is 35.8 Å². The number of rotatable bonds is 7. The molecule has 0 spiro atoms. The molecule has 1 aromatic rings. The molecule has 1 aliphatic rings. The van der Waals surface area contributed by atoms with Crippen LogP contribution in [0.1, 0.15) is 42.1 Å². The van der Waals surface area contributed by atoms with Crippen molar-refractivity contribution < 1.29 is 4.79 Å². The van der Waals surface area contributed by atoms with Crippen LogP contribution in [0.2, 0.25) is 0 Å². The van der Waals surface area contributed by atoms with Gasteiger partial charge in [0.15, 0.2) is 5.96 Å². The molecular formula is C19H32IN5O. The van der Waals surface area contributed by atoms with Crippen molar-refractivity contribution in [3.8, 4) is 0 Å². The molecule has 146 valence electrons. The molecule has 7 heteroatoms. The summed E-state index contributed by atoms with van der Waals surface area (Å²) in [6.07, 6.45) is 4.01. The number of hydrogen-bond acceptors (Lipinski definition) is 3. The number of amides is 1. The summed E-state index contributed by atoms with van der Waals surface area (Å²) in [6.45, 7) is 7.89. The third-order valence-electron chi connectivity index (χ3n) is 4.38. The fourth-order valence-electron chi connectivity index (χ4n) is 2.93. The second kappa shape index (κ2) is 12.9. The molecule has 1 heterocycles. The first-order valence-electron chi connectivity index (χ1n) is 9.28. The number of nitrogens with zero attached hydrogens (tertiary/aromatic N) is 2. The van der Waals surface area contributed by atoms with Gasteiger partial charge in [-0.25, -0.2) is 4.99 Å². The molecule has 0 radical (unpaired) electrons. The minimum absolute atomic E-state index is 0. The maximum absolute atomic E-state index is 11.6. The Hall–Kier alpha value is -1.35. The Bertz CT molecular complexity index is 556. The van der Waals surface area contributed by atoms with E-state index in [1.165, 1.54) is 32.4 Å². The summed E-state index contributed by atoms with van der Waals surface area (Å²) >= 11 is 0. The molecule has 1 saturated heterocycles. The van der Waals surface area contributed by atoms with Gasteiger partial charge in [-0.2, -0.15) is 0 Å². The molecule has 1 amide bonds. The van der Waals surface area contributed by atoms with Crippen molar-refractivity contribution in [3.63, 3.8) is 0 Å². The zero-order valence-corrected chi connectivity index (χ0v) is 18.2. The number of hydrogen-bond donors (Lipinski definition) is 3. The fourth-order valence-corrected chi connectivity index (χ4v) is 2.93. The van der Waals surface area contributed by atoms with Crippen molar-refractivity contribution in [3.05, 3.63) is 35.4 Å². The first kappa shape index (κ1) is 22.7. The lowest BCUT2D eigenvalue weighted by molar-refractivity contribution is 0.0963. The van der Waals surface area contributed by atoms with Gasteiger partial charge in [-0.15, -0.1) is 24.0 Å². The number of benzene rings is 1. The van der Waals surface area contributed by atoms with Gasteiger partial charge in [0.1, 0.15) is 0 Å². The predicted molar refractivity (Wildman–Crippen MR) is 118 cm³/mol. The van der Waals surface area contributed by atoms with Crippen molar-refractivity contribution in [2.45, 2.75) is 32.7 Å². The molecule has 3 N–H and O–H groups in total. The predicted octanol–water partition coefficient (Wildman–Crippen LogP) is 2.21. The van der Waals surface area contributed by atoms with Crippen LogP contribution in [0.4, 0.5) is 0 Å². The van der Waals surface area contributed by atoms with Crippen LogP contribution in [-0.4, -0.2) is 56.5 Å². The Morgan fingerprint density at radius 2 is 1.81 bits per heavy atom. The van der Waals surface area contributed by atoms with Gasteiger partial charge in [-0.05, 0) is 50.6 Å². The van der Waals surface area contributed by atoms with Gasteiger partial charge in [0.25, 0.3) is 5.91 Å². The number of piperidine rings is 1. The van der Waals surface area contributed by atoms with Crippen LogP contribution in [0, 0.1) is 0 Å². The fraction of sp³-hybridized carbons (Fsp3) is 0.579. The van der Waals surface area contributed by atoms with Crippen molar-refractivity contribution in [2.24, 2.45) is 4.99 Å². The molecule has 0 bridgehead atoms. The highest BCUT2D eigenvalue weighted by atomic mass is 127. The van der Waals surface area contributed by atoms with Crippen LogP contribution in [0.5, 0.6) is 0 Å². The molecule has 0 saturated carbocycles. The lowest BCUT2D eigenvalue weighted by Crippen LogP contribution is -2.42. The van der Waals surface area contributed by atoms with E-state index >= 15 is 0 Å². The second-order valence-corrected chi connectivity index (χ2v) is 6.30. The average molecular weight is 473 g/mol. The number of likely N-dealkylation sites (tertiary alicyclic amines) is 1. The van der Waals surface area contributed by atoms with E-state index in [4.69, 9.17) is 0 Å². The van der Waals surface area contributed by atoms with E-state index in [0.29, 0.717) is 12.1 Å². The Kier molecular flexibility index (Phi) is 11.3. The quantitative estimate of drug-likeness (QED) is 0.323. The standard InChI is InChI=1S/C19H31N5O.HI/c1-3-21-19(22-11-14-24-12-5-4-6-13-24)23-15-16-7-9-17(10-8-16)18(25)20-2;/h7-10H,3-6,11-15H2,1-2H3,(H,20,25)(H2,21,22,23);1H. The summed E-state index contributed by atoms with van der Waals surface area (Å²) in [5.41, 5.74) is 1.75. The first-order chi connectivity index (χ1) is 12.2. The summed E-state index contributed by atoms with van der Waals surface area (Å²) < 4.78 is 0. The number of carbonyl (C=O) groups is 1. The van der Waals surface area contributed by atoms with Crippen LogP contribution < -0.4 is 16.0 Å². The topological polar surface area (TPSA) is 68.8 Å². The number of aliphatic imine (C=N–C) groups is 1. The lowest BCUT2D eigenvalue weighted by Gasteiger charge is -2.26. The van der Waals surface area contributed by atoms with Gasteiger partial charge >= 0.3 is 0 Å². The third-order valence-corrected chi connectivity index (χ3v) is 4.38. The zero-order valence-electron chi connectivity index (χ0n) is 15.9. The van der Waals surface area contributed by atoms with Crippen LogP contribution in [0.3, 0.4) is 0 Å². The first-order valence-corrected chi connectivity index (χ1v) is 9.28. The summed E-state index contributed by atoms with van der Waals surface area (Å²) in [7, 11) is 1.64. The van der Waals surface area contributed by atoms with E-state index in [1.807, 2.05) is 24.3 Å². The molecule has 1 aromatic carbocycles. The zero-order chi connectivity index (χ0) is 17.9. The highest BCUT2D eigenvalue weighted by molar-refractivity contribution is 14.0. The summed E-state index contributed by atoms with van der Waals surface area (Å²) in [6, 6.07) is 7.57. The molecule has 0 aromatic heterocycles. The molecule has 0 atom stereocenters. The lowest BCUT2D eigenvalue weighted by atomic mass is 10.1. The van der Waals surface area contributed by atoms with Gasteiger partial charge in [0.2, 0.25) is 0 Å². The average Bonchev–Trinajstić information content (AvgIpc) is 2.66. The van der Waals surface area contributed by atoms with Gasteiger partial charge in [-0.3, -0.25) is 4.79 Å². The van der Waals surface area contributed by atoms with Crippen LogP contribution in [-0.2, 0) is 6.54 Å². The minimum Gasteiger partial charge on any atom is -0.357 e. The van der Waals surface area contributed by atoms with Crippen LogP contribution in [0.25, 0.3) is 0 Å². The number of carbonyl (C=O) groups excluding carboxylic acids is 1. The molecule has 2 rings (SSSR count). The largest absolute Gasteiger partial charge is 0.357 e. The Labute approximate surface area is 174 Å². The molecular weight excluding hydrogens is 441 g/mol. The molecule has 1 aliphatic heterocycles. The maximum atomic E-state index is 11.6. The van der Waals surface area contributed by atoms with E-state index < -0.39 is 0 Å². The Morgan fingerprint density at radius 3 is 2.42 bits per heavy atom. The highest BCUT2D eigenvalue weighted by Crippen LogP contribution is 2.07. The van der Waals surface area contributed by atoms with Gasteiger partial charge < -0.3 is 20.9 Å². The van der Waals surface area contributed by atoms with E-state index in [0.717, 1.165) is 31.2 Å². The Balaban J connectivity index is 0.00000338. The van der Waals surface area contributed by atoms with E-state index in [1.54, 1.807) is 7.05 Å². The summed E-state index contributed by atoms with van der Waals surface area (Å²) in [4.78, 5) is 18.7. The van der Waals surface area contributed by atoms with Gasteiger partial charge in [0, 0.05) is 32.2 Å². The van der Waals surface area contributed by atoms with Crippen molar-refractivity contribution in [1.29, 1.82) is 0 Å². The molecule has 1 fully saturated rings. The number of halogens is 1. The number of nitrogens with one attached hydrogen (secondary N) is 3. The molecule has 0 aliphatic carbocycles.